The molecule has 1 amide bonds. The molecule has 1 aromatic rings. The van der Waals surface area contributed by atoms with Gasteiger partial charge in [0, 0.05) is 6.42 Å². The van der Waals surface area contributed by atoms with Crippen molar-refractivity contribution in [2.75, 3.05) is 5.32 Å². The van der Waals surface area contributed by atoms with Crippen LogP contribution in [-0.4, -0.2) is 22.1 Å². The van der Waals surface area contributed by atoms with E-state index in [-0.39, 0.29) is 18.3 Å². The lowest BCUT2D eigenvalue weighted by molar-refractivity contribution is -0.117. The fourth-order valence-electron chi connectivity index (χ4n) is 1.12. The molecule has 0 radical (unpaired) electrons. The molecule has 0 unspecified atom stereocenters. The van der Waals surface area contributed by atoms with Gasteiger partial charge in [-0.1, -0.05) is 32.1 Å². The zero-order valence-electron chi connectivity index (χ0n) is 10.3. The normalized spacial score (nSPS) is 12.1. The summed E-state index contributed by atoms with van der Waals surface area (Å²) in [6.45, 7) is 6.11. The lowest BCUT2D eigenvalue weighted by Crippen LogP contribution is -2.34. The summed E-state index contributed by atoms with van der Waals surface area (Å²) in [6, 6.07) is -0.475. The van der Waals surface area contributed by atoms with E-state index in [1.54, 1.807) is 0 Å². The van der Waals surface area contributed by atoms with E-state index < -0.39 is 6.04 Å². The van der Waals surface area contributed by atoms with Crippen LogP contribution in [0.3, 0.4) is 0 Å². The van der Waals surface area contributed by atoms with E-state index in [1.165, 1.54) is 11.3 Å². The molecule has 0 spiro atoms. The van der Waals surface area contributed by atoms with E-state index in [0.29, 0.717) is 17.5 Å². The topological polar surface area (TPSA) is 80.9 Å². The minimum absolute atomic E-state index is 0. The van der Waals surface area contributed by atoms with Crippen molar-refractivity contribution in [1.82, 2.24) is 10.2 Å². The summed E-state index contributed by atoms with van der Waals surface area (Å²) >= 11 is 1.41. The van der Waals surface area contributed by atoms with E-state index in [0.717, 1.165) is 11.4 Å². The number of carbonyl (C=O) groups is 1. The molecular weight excluding hydrogens is 260 g/mol. The number of nitrogens with one attached hydrogen (secondary N) is 1. The van der Waals surface area contributed by atoms with E-state index in [1.807, 2.05) is 6.92 Å². The van der Waals surface area contributed by atoms with Crippen LogP contribution in [0.25, 0.3) is 0 Å². The Balaban J connectivity index is 0.00000256. The van der Waals surface area contributed by atoms with Crippen molar-refractivity contribution in [2.24, 2.45) is 11.7 Å². The summed E-state index contributed by atoms with van der Waals surface area (Å²) in [6.07, 6.45) is 1.50. The largest absolute Gasteiger partial charge is 0.320 e. The molecule has 1 aromatic heterocycles. The fourth-order valence-corrected chi connectivity index (χ4v) is 2.07. The number of carbonyl (C=O) groups excluding carboxylic acids is 1. The zero-order valence-corrected chi connectivity index (χ0v) is 11.9. The number of amides is 1. The van der Waals surface area contributed by atoms with E-state index in [9.17, 15) is 4.79 Å². The van der Waals surface area contributed by atoms with Crippen molar-refractivity contribution >= 4 is 34.8 Å². The molecule has 5 nitrogen and oxygen atoms in total. The van der Waals surface area contributed by atoms with Crippen molar-refractivity contribution in [1.29, 1.82) is 0 Å². The van der Waals surface area contributed by atoms with Gasteiger partial charge in [-0.2, -0.15) is 0 Å². The van der Waals surface area contributed by atoms with E-state index in [4.69, 9.17) is 5.73 Å². The lowest BCUT2D eigenvalue weighted by atomic mass is 10.1. The Bertz CT molecular complexity index is 356. The molecule has 98 valence electrons. The van der Waals surface area contributed by atoms with Crippen LogP contribution in [0.4, 0.5) is 5.13 Å². The fraction of sp³-hybridized carbons (Fsp3) is 0.700. The van der Waals surface area contributed by atoms with Gasteiger partial charge in [-0.15, -0.1) is 22.6 Å². The maximum Gasteiger partial charge on any atom is 0.243 e. The quantitative estimate of drug-likeness (QED) is 0.861. The summed E-state index contributed by atoms with van der Waals surface area (Å²) < 4.78 is 0. The molecular formula is C10H19ClN4OS. The van der Waals surface area contributed by atoms with Gasteiger partial charge in [0.15, 0.2) is 0 Å². The Morgan fingerprint density at radius 1 is 1.47 bits per heavy atom. The SMILES string of the molecule is CC[C@H](N)C(=O)Nc1nnc(CC(C)C)s1.Cl. The predicted molar refractivity (Wildman–Crippen MR) is 72.6 cm³/mol. The summed E-state index contributed by atoms with van der Waals surface area (Å²) in [7, 11) is 0. The van der Waals surface area contributed by atoms with Gasteiger partial charge in [-0.05, 0) is 12.3 Å². The number of rotatable bonds is 5. The second-order valence-corrected chi connectivity index (χ2v) is 5.16. The number of nitrogens with zero attached hydrogens (tertiary/aromatic N) is 2. The number of hydrogen-bond acceptors (Lipinski definition) is 5. The first-order valence-corrected chi connectivity index (χ1v) is 6.23. The molecule has 3 N–H and O–H groups in total. The highest BCUT2D eigenvalue weighted by Crippen LogP contribution is 2.18. The minimum Gasteiger partial charge on any atom is -0.320 e. The molecule has 1 heterocycles. The van der Waals surface area contributed by atoms with Crippen LogP contribution in [0.5, 0.6) is 0 Å². The van der Waals surface area contributed by atoms with Crippen LogP contribution in [-0.2, 0) is 11.2 Å². The van der Waals surface area contributed by atoms with Crippen LogP contribution in [0.15, 0.2) is 0 Å². The Labute approximate surface area is 112 Å². The van der Waals surface area contributed by atoms with Gasteiger partial charge in [0.05, 0.1) is 6.04 Å². The number of aromatic nitrogens is 2. The minimum atomic E-state index is -0.475. The maximum absolute atomic E-state index is 11.5. The summed E-state index contributed by atoms with van der Waals surface area (Å²) in [4.78, 5) is 11.5. The first-order chi connectivity index (χ1) is 7.52. The molecule has 0 fully saturated rings. The Hall–Kier alpha value is -0.720. The van der Waals surface area contributed by atoms with Crippen LogP contribution in [0.2, 0.25) is 0 Å². The van der Waals surface area contributed by atoms with Gasteiger partial charge in [-0.25, -0.2) is 0 Å². The third-order valence-electron chi connectivity index (χ3n) is 2.06. The highest BCUT2D eigenvalue weighted by molar-refractivity contribution is 7.15. The molecule has 1 rings (SSSR count). The molecule has 0 aliphatic carbocycles. The zero-order chi connectivity index (χ0) is 12.1. The van der Waals surface area contributed by atoms with Crippen LogP contribution in [0, 0.1) is 5.92 Å². The average Bonchev–Trinajstić information content (AvgIpc) is 2.63. The number of nitrogens with two attached hydrogens (primary N) is 1. The Morgan fingerprint density at radius 3 is 2.65 bits per heavy atom. The van der Waals surface area contributed by atoms with E-state index >= 15 is 0 Å². The van der Waals surface area contributed by atoms with Crippen molar-refractivity contribution in [3.63, 3.8) is 0 Å². The summed E-state index contributed by atoms with van der Waals surface area (Å²) in [5.41, 5.74) is 5.60. The molecule has 7 heteroatoms. The highest BCUT2D eigenvalue weighted by atomic mass is 35.5. The average molecular weight is 279 g/mol. The second-order valence-electron chi connectivity index (χ2n) is 4.10. The third kappa shape index (κ3) is 5.43. The summed E-state index contributed by atoms with van der Waals surface area (Å²) in [5, 5.41) is 12.1. The molecule has 0 aromatic carbocycles. The van der Waals surface area contributed by atoms with Gasteiger partial charge in [-0.3, -0.25) is 10.1 Å². The maximum atomic E-state index is 11.5. The molecule has 0 saturated carbocycles. The summed E-state index contributed by atoms with van der Waals surface area (Å²) in [5.74, 6) is 0.337. The smallest absolute Gasteiger partial charge is 0.243 e. The highest BCUT2D eigenvalue weighted by Gasteiger charge is 2.13. The van der Waals surface area contributed by atoms with Crippen molar-refractivity contribution in [3.8, 4) is 0 Å². The monoisotopic (exact) mass is 278 g/mol. The number of anilines is 1. The molecule has 0 aliphatic heterocycles. The van der Waals surface area contributed by atoms with Crippen molar-refractivity contribution in [2.45, 2.75) is 39.7 Å². The second kappa shape index (κ2) is 7.58. The first kappa shape index (κ1) is 16.3. The van der Waals surface area contributed by atoms with Gasteiger partial charge in [0.25, 0.3) is 0 Å². The molecule has 1 atom stereocenters. The molecule has 0 aliphatic rings. The molecule has 17 heavy (non-hydrogen) atoms. The molecule has 0 saturated heterocycles. The van der Waals surface area contributed by atoms with Gasteiger partial charge < -0.3 is 5.73 Å². The van der Waals surface area contributed by atoms with E-state index in [2.05, 4.69) is 29.4 Å². The standard InChI is InChI=1S/C10H18N4OS.ClH/c1-4-7(11)9(15)12-10-14-13-8(16-10)5-6(2)3;/h6-7H,4-5,11H2,1-3H3,(H,12,14,15);1H/t7-;/m0./s1. The third-order valence-corrected chi connectivity index (χ3v) is 2.92. The van der Waals surface area contributed by atoms with Crippen LogP contribution in [0.1, 0.15) is 32.2 Å². The first-order valence-electron chi connectivity index (χ1n) is 5.41. The number of hydrogen-bond donors (Lipinski definition) is 2. The van der Waals surface area contributed by atoms with Crippen molar-refractivity contribution < 1.29 is 4.79 Å². The Kier molecular flexibility index (Phi) is 7.26. The van der Waals surface area contributed by atoms with Gasteiger partial charge >= 0.3 is 0 Å². The van der Waals surface area contributed by atoms with Crippen LogP contribution >= 0.6 is 23.7 Å². The Morgan fingerprint density at radius 2 is 2.12 bits per heavy atom. The van der Waals surface area contributed by atoms with Gasteiger partial charge in [0.2, 0.25) is 11.0 Å². The lowest BCUT2D eigenvalue weighted by Gasteiger charge is -2.06. The van der Waals surface area contributed by atoms with Crippen LogP contribution < -0.4 is 11.1 Å². The number of halogens is 1. The van der Waals surface area contributed by atoms with Gasteiger partial charge in [0.1, 0.15) is 5.01 Å². The molecule has 0 bridgehead atoms. The van der Waals surface area contributed by atoms with Crippen molar-refractivity contribution in [3.05, 3.63) is 5.01 Å². The predicted octanol–water partition coefficient (Wildman–Crippen LogP) is 1.83.